The van der Waals surface area contributed by atoms with E-state index in [-0.39, 0.29) is 82.0 Å². The topological polar surface area (TPSA) is 207 Å². The van der Waals surface area contributed by atoms with Crippen LogP contribution in [0.4, 0.5) is 9.59 Å². The molecular formula is C39H51CaN6O9PS2. The number of benzene rings is 2. The SMILES string of the molecule is CC(C)c1nc(CN(C)C(=O)N[C@H](C(=O)NC(Cc2ccccc2)C[C@H](O[C@H](C)OP(=O)([O-])[O-])[C@H](Cc2ccccc2)NC(=O)OCc2cncs2)C(C)C)cs1.[Ca+2]. The number of hydrogen-bond donors (Lipinski definition) is 3. The van der Waals surface area contributed by atoms with Gasteiger partial charge in [-0.15, -0.1) is 22.7 Å². The third kappa shape index (κ3) is 17.3. The fourth-order valence-corrected chi connectivity index (χ4v) is 7.72. The Labute approximate surface area is 377 Å². The number of amides is 4. The predicted octanol–water partition coefficient (Wildman–Crippen LogP) is 4.74. The molecule has 1 unspecified atom stereocenters. The fourth-order valence-electron chi connectivity index (χ4n) is 5.97. The summed E-state index contributed by atoms with van der Waals surface area (Å²) < 4.78 is 27.9. The van der Waals surface area contributed by atoms with Gasteiger partial charge in [0.2, 0.25) is 5.91 Å². The van der Waals surface area contributed by atoms with Gasteiger partial charge < -0.3 is 49.2 Å². The second-order valence-electron chi connectivity index (χ2n) is 14.3. The van der Waals surface area contributed by atoms with Crippen molar-refractivity contribution in [2.45, 2.75) is 103 Å². The van der Waals surface area contributed by atoms with Gasteiger partial charge in [-0.2, -0.15) is 0 Å². The van der Waals surface area contributed by atoms with Crippen molar-refractivity contribution in [1.82, 2.24) is 30.8 Å². The quantitative estimate of drug-likeness (QED) is 0.0592. The van der Waals surface area contributed by atoms with Gasteiger partial charge in [-0.1, -0.05) is 88.4 Å². The minimum atomic E-state index is -5.48. The largest absolute Gasteiger partial charge is 2.00 e. The number of hydrogen-bond acceptors (Lipinski definition) is 13. The molecule has 2 heterocycles. The third-order valence-corrected chi connectivity index (χ3v) is 11.3. The molecule has 0 saturated heterocycles. The fraction of sp³-hybridized carbons (Fsp3) is 0.462. The molecule has 19 heteroatoms. The van der Waals surface area contributed by atoms with Crippen molar-refractivity contribution in [2.75, 3.05) is 7.05 Å². The Balaban J connectivity index is 0.00000900. The summed E-state index contributed by atoms with van der Waals surface area (Å²) in [6, 6.07) is 15.6. The number of nitrogens with zero attached hydrogens (tertiary/aromatic N) is 3. The molecule has 0 fully saturated rings. The van der Waals surface area contributed by atoms with Gasteiger partial charge in [0.1, 0.15) is 12.6 Å². The average molecular weight is 883 g/mol. The van der Waals surface area contributed by atoms with Crippen LogP contribution in [-0.4, -0.2) is 108 Å². The van der Waals surface area contributed by atoms with E-state index in [0.717, 1.165) is 21.8 Å². The van der Waals surface area contributed by atoms with Crippen LogP contribution < -0.4 is 25.7 Å². The number of carbonyl (C=O) groups excluding carboxylic acids is 3. The summed E-state index contributed by atoms with van der Waals surface area (Å²) in [6.07, 6.45) is -1.31. The summed E-state index contributed by atoms with van der Waals surface area (Å²) in [5, 5.41) is 11.7. The average Bonchev–Trinajstić information content (AvgIpc) is 3.85. The van der Waals surface area contributed by atoms with Gasteiger partial charge in [-0.05, 0) is 43.2 Å². The maximum absolute atomic E-state index is 14.2. The molecule has 4 amide bonds. The zero-order valence-electron chi connectivity index (χ0n) is 33.6. The zero-order valence-corrected chi connectivity index (χ0v) is 38.3. The maximum atomic E-state index is 14.2. The van der Waals surface area contributed by atoms with Gasteiger partial charge in [0, 0.05) is 30.6 Å². The van der Waals surface area contributed by atoms with E-state index in [4.69, 9.17) is 9.47 Å². The van der Waals surface area contributed by atoms with Gasteiger partial charge in [0.25, 0.3) is 0 Å². The van der Waals surface area contributed by atoms with Gasteiger partial charge in [-0.3, -0.25) is 9.78 Å². The zero-order chi connectivity index (χ0) is 41.5. The Bertz CT molecular complexity index is 1890. The van der Waals surface area contributed by atoms with Gasteiger partial charge in [0.15, 0.2) is 6.29 Å². The van der Waals surface area contributed by atoms with E-state index in [1.165, 1.54) is 34.5 Å². The number of rotatable bonds is 21. The summed E-state index contributed by atoms with van der Waals surface area (Å²) in [5.74, 6) is -0.531. The molecule has 0 saturated carbocycles. The van der Waals surface area contributed by atoms with Crippen molar-refractivity contribution in [3.05, 3.63) is 104 Å². The van der Waals surface area contributed by atoms with Crippen LogP contribution >= 0.6 is 30.5 Å². The van der Waals surface area contributed by atoms with Crippen molar-refractivity contribution in [1.29, 1.82) is 0 Å². The Morgan fingerprint density at radius 1 is 0.897 bits per heavy atom. The first-order valence-corrected chi connectivity index (χ1v) is 21.8. The number of aromatic nitrogens is 2. The predicted molar refractivity (Wildman–Crippen MR) is 220 cm³/mol. The Kier molecular flexibility index (Phi) is 20.7. The van der Waals surface area contributed by atoms with E-state index < -0.39 is 56.4 Å². The first-order chi connectivity index (χ1) is 27.1. The number of urea groups is 1. The molecule has 0 aliphatic carbocycles. The van der Waals surface area contributed by atoms with E-state index in [9.17, 15) is 28.7 Å². The normalized spacial score (nSPS) is 14.1. The van der Waals surface area contributed by atoms with Crippen molar-refractivity contribution in [3.8, 4) is 0 Å². The molecule has 58 heavy (non-hydrogen) atoms. The van der Waals surface area contributed by atoms with Gasteiger partial charge in [0.05, 0.1) is 47.6 Å². The molecule has 2 aromatic carbocycles. The van der Waals surface area contributed by atoms with Crippen LogP contribution in [0.3, 0.4) is 0 Å². The molecule has 0 radical (unpaired) electrons. The van der Waals surface area contributed by atoms with Crippen LogP contribution in [0.5, 0.6) is 0 Å². The van der Waals surface area contributed by atoms with Gasteiger partial charge >= 0.3 is 49.9 Å². The second kappa shape index (κ2) is 24.3. The minimum absolute atomic E-state index is 0. The number of phosphoric ester groups is 1. The minimum Gasteiger partial charge on any atom is -0.790 e. The molecule has 4 rings (SSSR count). The van der Waals surface area contributed by atoms with E-state index in [1.807, 2.05) is 79.9 Å². The Hall–Kier alpha value is -2.96. The number of carbonyl (C=O) groups is 3. The molecule has 5 atom stereocenters. The standard InChI is InChI=1S/C39H53N6O9PS2.Ca/c1-25(2)35(44-38(47)45(6)21-31-23-56-37(42-31)26(3)4)36(46)41-30(17-28-13-9-7-10-14-28)19-34(53-27(5)54-55(49,50)51)33(18-29-15-11-8-12-16-29)43-39(48)52-22-32-20-40-24-57-32;/h7-16,20,23-27,30,33-35H,17-19,21-22H2,1-6H3,(H,41,46)(H,43,48)(H,44,47)(H2,49,50,51);/q;+2/p-2/t27-,30?,33-,34-,35-;/m0./s1. The van der Waals surface area contributed by atoms with Crippen LogP contribution in [0, 0.1) is 5.92 Å². The van der Waals surface area contributed by atoms with Crippen molar-refractivity contribution >= 4 is 86.3 Å². The molecule has 0 aliphatic heterocycles. The van der Waals surface area contributed by atoms with Crippen LogP contribution in [-0.2, 0) is 49.4 Å². The summed E-state index contributed by atoms with van der Waals surface area (Å²) in [6.45, 7) is 9.21. The van der Waals surface area contributed by atoms with E-state index >= 15 is 0 Å². The van der Waals surface area contributed by atoms with E-state index in [0.29, 0.717) is 4.88 Å². The number of thiazole rings is 2. The third-order valence-electron chi connectivity index (χ3n) is 8.75. The summed E-state index contributed by atoms with van der Waals surface area (Å²) in [4.78, 5) is 75.0. The van der Waals surface area contributed by atoms with Crippen LogP contribution in [0.25, 0.3) is 0 Å². The molecule has 0 spiro atoms. The Morgan fingerprint density at radius 2 is 1.53 bits per heavy atom. The first-order valence-electron chi connectivity index (χ1n) is 18.6. The number of phosphoric acid groups is 1. The molecule has 310 valence electrons. The molecule has 0 bridgehead atoms. The smallest absolute Gasteiger partial charge is 0.790 e. The molecule has 2 aromatic heterocycles. The summed E-state index contributed by atoms with van der Waals surface area (Å²) in [7, 11) is -3.85. The second-order valence-corrected chi connectivity index (χ2v) is 17.2. The van der Waals surface area contributed by atoms with Crippen LogP contribution in [0.1, 0.15) is 73.7 Å². The molecule has 0 aliphatic rings. The molecule has 3 N–H and O–H groups in total. The van der Waals surface area contributed by atoms with Crippen LogP contribution in [0.2, 0.25) is 0 Å². The van der Waals surface area contributed by atoms with Crippen molar-refractivity contribution in [2.24, 2.45) is 5.92 Å². The van der Waals surface area contributed by atoms with Crippen LogP contribution in [0.15, 0.2) is 77.8 Å². The summed E-state index contributed by atoms with van der Waals surface area (Å²) in [5.41, 5.74) is 4.03. The summed E-state index contributed by atoms with van der Waals surface area (Å²) >= 11 is 2.85. The number of ether oxygens (including phenoxy) is 2. The first kappa shape index (κ1) is 49.4. The van der Waals surface area contributed by atoms with Gasteiger partial charge in [-0.25, -0.2) is 14.6 Å². The van der Waals surface area contributed by atoms with Crippen molar-refractivity contribution < 1.29 is 42.7 Å². The van der Waals surface area contributed by atoms with E-state index in [2.05, 4.69) is 44.3 Å². The van der Waals surface area contributed by atoms with Crippen molar-refractivity contribution in [3.63, 3.8) is 0 Å². The number of nitrogens with one attached hydrogen (secondary N) is 3. The number of alkyl carbamates (subject to hydrolysis) is 1. The molecule has 4 aromatic rings. The molecule has 15 nitrogen and oxygen atoms in total. The van der Waals surface area contributed by atoms with E-state index in [1.54, 1.807) is 18.8 Å². The Morgan fingerprint density at radius 3 is 2.09 bits per heavy atom. The molecular weight excluding hydrogens is 832 g/mol. The maximum Gasteiger partial charge on any atom is 2.00 e. The monoisotopic (exact) mass is 882 g/mol.